The lowest BCUT2D eigenvalue weighted by Crippen LogP contribution is -2.50. The fourth-order valence-electron chi connectivity index (χ4n) is 9.32. The number of benzene rings is 4. The summed E-state index contributed by atoms with van der Waals surface area (Å²) >= 11 is 0. The number of halogens is 1. The largest absolute Gasteiger partial charge is 0.493 e. The molecule has 1 aromatic heterocycles. The van der Waals surface area contributed by atoms with Crippen LogP contribution in [-0.2, 0) is 18.4 Å². The molecule has 9 rings (SSSR count). The number of rotatable bonds is 12. The van der Waals surface area contributed by atoms with Crippen molar-refractivity contribution >= 4 is 46.2 Å². The number of piperidine rings is 2. The molecule has 14 nitrogen and oxygen atoms in total. The van der Waals surface area contributed by atoms with Gasteiger partial charge < -0.3 is 24.0 Å². The lowest BCUT2D eigenvalue weighted by atomic mass is 9.87. The number of fused-ring (bicyclic) bond motifs is 2. The third kappa shape index (κ3) is 7.92. The van der Waals surface area contributed by atoms with Gasteiger partial charge in [-0.15, -0.1) is 0 Å². The SMILES string of the molecule is CCOc1cc(CN2C(=O)c3cccc(N4CCC(F)(CN5CCC(c6ccc(Oc7ccc8c(N9CCC(=O)NC9=O)nn(C)c8c7)cc6)CC5)CC4)c3C2=O)ccc1OC. The van der Waals surface area contributed by atoms with Crippen molar-refractivity contribution in [3.8, 4) is 23.0 Å². The Morgan fingerprint density at radius 3 is 2.34 bits per heavy atom. The van der Waals surface area contributed by atoms with Gasteiger partial charge in [0.05, 0.1) is 42.6 Å². The molecule has 3 saturated heterocycles. The second-order valence-electron chi connectivity index (χ2n) is 16.6. The summed E-state index contributed by atoms with van der Waals surface area (Å²) in [6, 6.07) is 24.1. The van der Waals surface area contributed by atoms with Crippen LogP contribution in [0.1, 0.15) is 76.8 Å². The zero-order valence-corrected chi connectivity index (χ0v) is 35.2. The number of carbonyl (C=O) groups excluding carboxylic acids is 4. The van der Waals surface area contributed by atoms with Gasteiger partial charge in [-0.05, 0) is 98.4 Å². The first kappa shape index (κ1) is 40.9. The third-order valence-corrected chi connectivity index (χ3v) is 12.6. The number of methoxy groups -OCH3 is 1. The number of likely N-dealkylation sites (tertiary alicyclic amines) is 1. The first-order valence-electron chi connectivity index (χ1n) is 21.3. The normalized spacial score (nSPS) is 18.4. The molecule has 0 saturated carbocycles. The van der Waals surface area contributed by atoms with E-state index in [0.29, 0.717) is 90.6 Å². The highest BCUT2D eigenvalue weighted by Gasteiger charge is 2.42. The van der Waals surface area contributed by atoms with Crippen molar-refractivity contribution in [3.63, 3.8) is 0 Å². The van der Waals surface area contributed by atoms with Crippen LogP contribution in [0.2, 0.25) is 0 Å². The number of nitrogens with zero attached hydrogens (tertiary/aromatic N) is 6. The van der Waals surface area contributed by atoms with Crippen LogP contribution in [0.3, 0.4) is 0 Å². The van der Waals surface area contributed by atoms with Crippen molar-refractivity contribution in [1.82, 2.24) is 24.9 Å². The van der Waals surface area contributed by atoms with Gasteiger partial charge in [-0.25, -0.2) is 9.18 Å². The Morgan fingerprint density at radius 2 is 1.61 bits per heavy atom. The molecule has 5 heterocycles. The summed E-state index contributed by atoms with van der Waals surface area (Å²) in [4.78, 5) is 58.5. The lowest BCUT2D eigenvalue weighted by molar-refractivity contribution is -0.120. The maximum absolute atomic E-state index is 16.5. The molecule has 5 aromatic rings. The van der Waals surface area contributed by atoms with Gasteiger partial charge in [-0.1, -0.05) is 24.3 Å². The molecule has 4 aliphatic rings. The molecule has 0 unspecified atom stereocenters. The molecule has 322 valence electrons. The van der Waals surface area contributed by atoms with Crippen molar-refractivity contribution < 1.29 is 37.8 Å². The number of hydrogen-bond donors (Lipinski definition) is 1. The highest BCUT2D eigenvalue weighted by molar-refractivity contribution is 6.23. The van der Waals surface area contributed by atoms with Gasteiger partial charge in [-0.2, -0.15) is 5.10 Å². The van der Waals surface area contributed by atoms with E-state index in [-0.39, 0.29) is 37.2 Å². The Morgan fingerprint density at radius 1 is 0.855 bits per heavy atom. The van der Waals surface area contributed by atoms with Crippen LogP contribution in [0, 0.1) is 0 Å². The van der Waals surface area contributed by atoms with E-state index in [0.717, 1.165) is 42.4 Å². The fraction of sp³-hybridized carbons (Fsp3) is 0.383. The molecule has 0 spiro atoms. The van der Waals surface area contributed by atoms with E-state index in [1.165, 1.54) is 15.4 Å². The van der Waals surface area contributed by atoms with Crippen molar-refractivity contribution in [1.29, 1.82) is 0 Å². The molecule has 4 aromatic carbocycles. The number of alkyl halides is 1. The van der Waals surface area contributed by atoms with Crippen LogP contribution in [0.5, 0.6) is 23.0 Å². The zero-order chi connectivity index (χ0) is 43.1. The predicted octanol–water partition coefficient (Wildman–Crippen LogP) is 7.20. The first-order chi connectivity index (χ1) is 30.0. The second-order valence-corrected chi connectivity index (χ2v) is 16.6. The number of carbonyl (C=O) groups is 4. The summed E-state index contributed by atoms with van der Waals surface area (Å²) in [7, 11) is 3.37. The Balaban J connectivity index is 0.771. The molecule has 62 heavy (non-hydrogen) atoms. The van der Waals surface area contributed by atoms with E-state index in [9.17, 15) is 19.2 Å². The molecule has 1 N–H and O–H groups in total. The predicted molar refractivity (Wildman–Crippen MR) is 231 cm³/mol. The number of urea groups is 1. The van der Waals surface area contributed by atoms with Crippen LogP contribution < -0.4 is 29.3 Å². The van der Waals surface area contributed by atoms with Crippen molar-refractivity contribution in [2.75, 3.05) is 62.8 Å². The van der Waals surface area contributed by atoms with Gasteiger partial charge in [0.25, 0.3) is 11.8 Å². The van der Waals surface area contributed by atoms with Crippen molar-refractivity contribution in [3.05, 3.63) is 101 Å². The number of imide groups is 2. The molecule has 3 fully saturated rings. The second kappa shape index (κ2) is 16.8. The summed E-state index contributed by atoms with van der Waals surface area (Å²) in [5.74, 6) is 2.35. The van der Waals surface area contributed by atoms with Crippen LogP contribution in [0.25, 0.3) is 10.9 Å². The summed E-state index contributed by atoms with van der Waals surface area (Å²) < 4.78 is 35.5. The zero-order valence-electron chi connectivity index (χ0n) is 35.2. The molecular formula is C47H50FN7O7. The smallest absolute Gasteiger partial charge is 0.329 e. The molecule has 0 bridgehead atoms. The van der Waals surface area contributed by atoms with Gasteiger partial charge in [0.15, 0.2) is 17.3 Å². The number of aromatic nitrogens is 2. The average molecular weight is 844 g/mol. The molecular weight excluding hydrogens is 794 g/mol. The topological polar surface area (TPSA) is 139 Å². The average Bonchev–Trinajstić information content (AvgIpc) is 3.72. The van der Waals surface area contributed by atoms with E-state index >= 15 is 4.39 Å². The van der Waals surface area contributed by atoms with Gasteiger partial charge in [-0.3, -0.25) is 34.2 Å². The van der Waals surface area contributed by atoms with Crippen LogP contribution >= 0.6 is 0 Å². The van der Waals surface area contributed by atoms with Crippen LogP contribution in [0.4, 0.5) is 20.7 Å². The minimum atomic E-state index is -1.35. The third-order valence-electron chi connectivity index (χ3n) is 12.6. The Labute approximate surface area is 359 Å². The summed E-state index contributed by atoms with van der Waals surface area (Å²) in [5.41, 5.74) is 2.87. The number of hydrogen-bond acceptors (Lipinski definition) is 10. The quantitative estimate of drug-likeness (QED) is 0.128. The van der Waals surface area contributed by atoms with E-state index < -0.39 is 11.7 Å². The van der Waals surface area contributed by atoms with E-state index in [2.05, 4.69) is 32.3 Å². The van der Waals surface area contributed by atoms with E-state index in [1.54, 1.807) is 36.1 Å². The summed E-state index contributed by atoms with van der Waals surface area (Å²) in [6.07, 6.45) is 2.75. The van der Waals surface area contributed by atoms with Crippen LogP contribution in [0.15, 0.2) is 78.9 Å². The fourth-order valence-corrected chi connectivity index (χ4v) is 9.32. The number of anilines is 2. The minimum absolute atomic E-state index is 0.0991. The number of aryl methyl sites for hydroxylation is 1. The number of amides is 5. The van der Waals surface area contributed by atoms with E-state index in [1.807, 2.05) is 56.4 Å². The number of nitrogens with one attached hydrogen (secondary N) is 1. The first-order valence-corrected chi connectivity index (χ1v) is 21.3. The summed E-state index contributed by atoms with van der Waals surface area (Å²) in [5, 5.41) is 7.69. The molecule has 4 aliphatic heterocycles. The number of ether oxygens (including phenoxy) is 3. The van der Waals surface area contributed by atoms with Gasteiger partial charge in [0.1, 0.15) is 17.2 Å². The molecule has 0 atom stereocenters. The van der Waals surface area contributed by atoms with Crippen molar-refractivity contribution in [2.24, 2.45) is 7.05 Å². The standard InChI is InChI=1S/C47H50FN7O7/c1-4-61-40-26-30(8-15-39(40)60-3)28-55-44(57)36-6-5-7-37(42(36)45(55)58)53-24-19-47(48,20-25-53)29-52-21-16-32(17-22-52)31-9-11-33(12-10-31)62-34-13-14-35-38(27-34)51(2)50-43(35)54-23-18-41(56)49-46(54)59/h5-15,26-27,32H,4,16-25,28-29H2,1-3H3,(H,49,56,59). The molecule has 0 aliphatic carbocycles. The van der Waals surface area contributed by atoms with Crippen molar-refractivity contribution in [2.45, 2.75) is 57.2 Å². The Hall–Kier alpha value is -6.48. The van der Waals surface area contributed by atoms with Crippen LogP contribution in [-0.4, -0.2) is 102 Å². The highest BCUT2D eigenvalue weighted by atomic mass is 19.1. The maximum atomic E-state index is 16.5. The Kier molecular flexibility index (Phi) is 11.1. The van der Waals surface area contributed by atoms with Gasteiger partial charge in [0, 0.05) is 63.9 Å². The highest BCUT2D eigenvalue weighted by Crippen LogP contribution is 2.39. The Bertz CT molecular complexity index is 2540. The summed E-state index contributed by atoms with van der Waals surface area (Å²) in [6.45, 7) is 5.59. The molecule has 15 heteroatoms. The molecule has 0 radical (unpaired) electrons. The van der Waals surface area contributed by atoms with Gasteiger partial charge in [0.2, 0.25) is 5.91 Å². The lowest BCUT2D eigenvalue weighted by Gasteiger charge is -2.42. The maximum Gasteiger partial charge on any atom is 0.329 e. The monoisotopic (exact) mass is 843 g/mol. The van der Waals surface area contributed by atoms with E-state index in [4.69, 9.17) is 14.2 Å². The molecule has 5 amide bonds. The van der Waals surface area contributed by atoms with Gasteiger partial charge >= 0.3 is 6.03 Å². The minimum Gasteiger partial charge on any atom is -0.493 e.